The molecule has 1 aromatic heterocycles. The third-order valence-electron chi connectivity index (χ3n) is 7.94. The highest BCUT2D eigenvalue weighted by Crippen LogP contribution is 2.41. The number of benzene rings is 3. The van der Waals surface area contributed by atoms with Gasteiger partial charge in [0.15, 0.2) is 5.82 Å². The van der Waals surface area contributed by atoms with E-state index in [-0.39, 0.29) is 17.6 Å². The zero-order chi connectivity index (χ0) is 28.4. The third-order valence-corrected chi connectivity index (χ3v) is 7.94. The molecule has 0 spiro atoms. The summed E-state index contributed by atoms with van der Waals surface area (Å²) in [6.45, 7) is 6.30. The lowest BCUT2D eigenvalue weighted by Gasteiger charge is -2.37. The molecule has 1 aliphatic heterocycles. The molecule has 0 radical (unpaired) electrons. The number of aromatic nitrogens is 1. The first-order valence-electron chi connectivity index (χ1n) is 13.6. The van der Waals surface area contributed by atoms with Crippen LogP contribution in [-0.4, -0.2) is 63.3 Å². The van der Waals surface area contributed by atoms with Gasteiger partial charge in [-0.1, -0.05) is 38.1 Å². The Morgan fingerprint density at radius 1 is 0.900 bits per heavy atom. The standard InChI is InChI=1S/C32H36FN3O4/c1-6-20(2)22-18-23(21-10-7-8-11-26(21)38-3)24-19-25(34-30(24)29(22)33)32(37)36-16-14-35(15-17-36)31-27(39-4)12-9-13-28(31)40-5/h7-13,18-20,34H,6,14-17H2,1-5H3. The highest BCUT2D eigenvalue weighted by molar-refractivity contribution is 6.04. The maximum Gasteiger partial charge on any atom is 0.270 e. The van der Waals surface area contributed by atoms with Crippen LogP contribution in [-0.2, 0) is 0 Å². The number of aromatic amines is 1. The molecule has 1 fully saturated rings. The molecule has 1 aliphatic rings. The molecule has 5 rings (SSSR count). The van der Waals surface area contributed by atoms with E-state index in [4.69, 9.17) is 14.2 Å². The molecule has 210 valence electrons. The number of carbonyl (C=O) groups is 1. The number of fused-ring (bicyclic) bond motifs is 1. The molecule has 7 nitrogen and oxygen atoms in total. The second-order valence-corrected chi connectivity index (χ2v) is 10.1. The quantitative estimate of drug-likeness (QED) is 0.275. The van der Waals surface area contributed by atoms with Gasteiger partial charge in [-0.05, 0) is 53.8 Å². The summed E-state index contributed by atoms with van der Waals surface area (Å²) in [5.41, 5.74) is 3.92. The fraction of sp³-hybridized carbons (Fsp3) is 0.344. The van der Waals surface area contributed by atoms with Gasteiger partial charge in [0.2, 0.25) is 0 Å². The van der Waals surface area contributed by atoms with Gasteiger partial charge in [-0.3, -0.25) is 4.79 Å². The number of carbonyl (C=O) groups excluding carboxylic acids is 1. The molecule has 1 saturated heterocycles. The maximum atomic E-state index is 15.9. The number of H-pyrrole nitrogens is 1. The number of methoxy groups -OCH3 is 3. The lowest BCUT2D eigenvalue weighted by atomic mass is 9.91. The van der Waals surface area contributed by atoms with Crippen molar-refractivity contribution in [3.63, 3.8) is 0 Å². The number of rotatable bonds is 8. The van der Waals surface area contributed by atoms with Crippen molar-refractivity contribution in [2.45, 2.75) is 26.2 Å². The first-order valence-corrected chi connectivity index (χ1v) is 13.6. The van der Waals surface area contributed by atoms with Crippen LogP contribution in [0.15, 0.2) is 54.6 Å². The SMILES string of the molecule is CCC(C)c1cc(-c2ccccc2OC)c2cc(C(=O)N3CCN(c4c(OC)cccc4OC)CC3)[nH]c2c1F. The van der Waals surface area contributed by atoms with E-state index in [9.17, 15) is 4.79 Å². The Hall–Kier alpha value is -4.20. The van der Waals surface area contributed by atoms with E-state index >= 15 is 4.39 Å². The number of ether oxygens (including phenoxy) is 3. The highest BCUT2D eigenvalue weighted by Gasteiger charge is 2.28. The molecule has 0 bridgehead atoms. The van der Waals surface area contributed by atoms with Crippen molar-refractivity contribution in [2.75, 3.05) is 52.4 Å². The molecule has 40 heavy (non-hydrogen) atoms. The summed E-state index contributed by atoms with van der Waals surface area (Å²) in [5, 5.41) is 0.662. The number of nitrogens with zero attached hydrogens (tertiary/aromatic N) is 2. The number of hydrogen-bond acceptors (Lipinski definition) is 5. The van der Waals surface area contributed by atoms with Crippen LogP contribution in [0.3, 0.4) is 0 Å². The Balaban J connectivity index is 1.48. The van der Waals surface area contributed by atoms with E-state index in [1.54, 1.807) is 32.3 Å². The Morgan fingerprint density at radius 3 is 2.15 bits per heavy atom. The number of hydrogen-bond donors (Lipinski definition) is 1. The molecular formula is C32H36FN3O4. The highest BCUT2D eigenvalue weighted by atomic mass is 19.1. The monoisotopic (exact) mass is 545 g/mol. The molecule has 1 N–H and O–H groups in total. The van der Waals surface area contributed by atoms with Crippen molar-refractivity contribution in [2.24, 2.45) is 0 Å². The van der Waals surface area contributed by atoms with Gasteiger partial charge in [0, 0.05) is 37.1 Å². The van der Waals surface area contributed by atoms with E-state index < -0.39 is 0 Å². The van der Waals surface area contributed by atoms with Gasteiger partial charge < -0.3 is 29.0 Å². The fourth-order valence-corrected chi connectivity index (χ4v) is 5.51. The molecule has 2 heterocycles. The molecule has 1 amide bonds. The van der Waals surface area contributed by atoms with Crippen LogP contribution in [0.5, 0.6) is 17.2 Å². The first kappa shape index (κ1) is 27.4. The smallest absolute Gasteiger partial charge is 0.270 e. The first-order chi connectivity index (χ1) is 19.4. The molecule has 0 aliphatic carbocycles. The maximum absolute atomic E-state index is 15.9. The van der Waals surface area contributed by atoms with Gasteiger partial charge in [0.1, 0.15) is 28.6 Å². The third kappa shape index (κ3) is 4.83. The number of amides is 1. The normalized spacial score (nSPS) is 14.3. The Labute approximate surface area is 234 Å². The molecular weight excluding hydrogens is 509 g/mol. The summed E-state index contributed by atoms with van der Waals surface area (Å²) in [6.07, 6.45) is 0.793. The predicted octanol–water partition coefficient (Wildman–Crippen LogP) is 6.48. The van der Waals surface area contributed by atoms with Crippen molar-refractivity contribution in [3.05, 3.63) is 71.7 Å². The molecule has 8 heteroatoms. The minimum atomic E-state index is -0.310. The van der Waals surface area contributed by atoms with Crippen molar-refractivity contribution >= 4 is 22.5 Å². The minimum Gasteiger partial charge on any atom is -0.496 e. The molecule has 1 atom stereocenters. The summed E-state index contributed by atoms with van der Waals surface area (Å²) in [4.78, 5) is 20.8. The summed E-state index contributed by atoms with van der Waals surface area (Å²) < 4.78 is 32.7. The number of halogens is 1. The average Bonchev–Trinajstić information content (AvgIpc) is 3.46. The van der Waals surface area contributed by atoms with E-state index in [0.29, 0.717) is 54.1 Å². The van der Waals surface area contributed by atoms with Crippen LogP contribution in [0.4, 0.5) is 10.1 Å². The van der Waals surface area contributed by atoms with E-state index in [1.807, 2.05) is 62.4 Å². The van der Waals surface area contributed by atoms with Crippen LogP contribution >= 0.6 is 0 Å². The topological polar surface area (TPSA) is 67.0 Å². The van der Waals surface area contributed by atoms with Gasteiger partial charge in [-0.2, -0.15) is 0 Å². The van der Waals surface area contributed by atoms with Gasteiger partial charge in [-0.15, -0.1) is 0 Å². The predicted molar refractivity (Wildman–Crippen MR) is 157 cm³/mol. The molecule has 0 saturated carbocycles. The number of anilines is 1. The fourth-order valence-electron chi connectivity index (χ4n) is 5.51. The van der Waals surface area contributed by atoms with Crippen LogP contribution in [0.2, 0.25) is 0 Å². The minimum absolute atomic E-state index is 0.0142. The largest absolute Gasteiger partial charge is 0.496 e. The van der Waals surface area contributed by atoms with Crippen molar-refractivity contribution in [1.29, 1.82) is 0 Å². The van der Waals surface area contributed by atoms with Crippen LogP contribution in [0.1, 0.15) is 42.2 Å². The molecule has 4 aromatic rings. The molecule has 3 aromatic carbocycles. The zero-order valence-corrected chi connectivity index (χ0v) is 23.7. The van der Waals surface area contributed by atoms with E-state index in [2.05, 4.69) is 9.88 Å². The Kier molecular flexibility index (Phi) is 7.87. The summed E-state index contributed by atoms with van der Waals surface area (Å²) in [5.74, 6) is 1.70. The van der Waals surface area contributed by atoms with Crippen LogP contribution in [0.25, 0.3) is 22.0 Å². The van der Waals surface area contributed by atoms with Crippen molar-refractivity contribution in [3.8, 4) is 28.4 Å². The summed E-state index contributed by atoms with van der Waals surface area (Å²) in [7, 11) is 4.90. The second-order valence-electron chi connectivity index (χ2n) is 10.1. The lowest BCUT2D eigenvalue weighted by Crippen LogP contribution is -2.49. The van der Waals surface area contributed by atoms with Gasteiger partial charge >= 0.3 is 0 Å². The number of para-hydroxylation sites is 2. The number of piperazine rings is 1. The van der Waals surface area contributed by atoms with Gasteiger partial charge in [-0.25, -0.2) is 4.39 Å². The number of nitrogens with one attached hydrogen (secondary N) is 1. The van der Waals surface area contributed by atoms with E-state index in [1.165, 1.54) is 0 Å². The van der Waals surface area contributed by atoms with E-state index in [0.717, 1.165) is 34.7 Å². The Morgan fingerprint density at radius 2 is 1.52 bits per heavy atom. The zero-order valence-electron chi connectivity index (χ0n) is 23.7. The van der Waals surface area contributed by atoms with Crippen LogP contribution in [0, 0.1) is 5.82 Å². The van der Waals surface area contributed by atoms with Gasteiger partial charge in [0.05, 0.1) is 26.8 Å². The average molecular weight is 546 g/mol. The Bertz CT molecular complexity index is 1500. The van der Waals surface area contributed by atoms with Crippen molar-refractivity contribution < 1.29 is 23.4 Å². The lowest BCUT2D eigenvalue weighted by molar-refractivity contribution is 0.0741. The second kappa shape index (κ2) is 11.5. The summed E-state index contributed by atoms with van der Waals surface area (Å²) >= 11 is 0. The van der Waals surface area contributed by atoms with Crippen molar-refractivity contribution in [1.82, 2.24) is 9.88 Å². The summed E-state index contributed by atoms with van der Waals surface area (Å²) in [6, 6.07) is 17.1. The van der Waals surface area contributed by atoms with Crippen LogP contribution < -0.4 is 19.1 Å². The molecule has 1 unspecified atom stereocenters. The van der Waals surface area contributed by atoms with Gasteiger partial charge in [0.25, 0.3) is 5.91 Å².